The third kappa shape index (κ3) is 57.6. The molecule has 11 nitrogen and oxygen atoms in total. The average Bonchev–Trinajstić information content (AvgIpc) is 3.43. The minimum atomic E-state index is -4.76. The number of carbonyl (C=O) groups excluding carboxylic acids is 3. The van der Waals surface area contributed by atoms with Crippen LogP contribution >= 0.6 is 7.82 Å². The van der Waals surface area contributed by atoms with Crippen molar-refractivity contribution in [2.24, 2.45) is 0 Å². The van der Waals surface area contributed by atoms with Crippen LogP contribution in [-0.2, 0) is 42.2 Å². The van der Waals surface area contributed by atoms with Gasteiger partial charge in [-0.05, 0) is 116 Å². The summed E-state index contributed by atoms with van der Waals surface area (Å²) in [5, 5.41) is 9.85. The Morgan fingerprint density at radius 3 is 0.949 bits per heavy atom. The molecule has 0 aromatic rings. The molecule has 0 aliphatic heterocycles. The average molecular weight is 1120 g/mol. The Kier molecular flexibility index (Phi) is 57.7. The first-order valence-corrected chi connectivity index (χ1v) is 33.3. The van der Waals surface area contributed by atoms with Crippen molar-refractivity contribution < 1.29 is 52.2 Å². The van der Waals surface area contributed by atoms with E-state index in [0.29, 0.717) is 19.3 Å². The summed E-state index contributed by atoms with van der Waals surface area (Å²) in [5.41, 5.74) is 0. The Balaban J connectivity index is 4.72. The quantitative estimate of drug-likeness (QED) is 0.0197. The first kappa shape index (κ1) is 74.9. The van der Waals surface area contributed by atoms with Crippen LogP contribution in [0.15, 0.2) is 72.9 Å². The van der Waals surface area contributed by atoms with Gasteiger partial charge < -0.3 is 24.2 Å². The first-order valence-electron chi connectivity index (χ1n) is 31.8. The predicted molar refractivity (Wildman–Crippen MR) is 325 cm³/mol. The fraction of sp³-hybridized carbons (Fsp3) is 0.773. The number of aliphatic hydroxyl groups is 1. The van der Waals surface area contributed by atoms with Crippen molar-refractivity contribution in [1.82, 2.24) is 0 Å². The Labute approximate surface area is 478 Å². The molecular weight excluding hydrogens is 1000 g/mol. The Morgan fingerprint density at radius 1 is 0.359 bits per heavy atom. The molecule has 2 N–H and O–H groups in total. The zero-order valence-corrected chi connectivity index (χ0v) is 51.0. The number of aliphatic hydroxyl groups excluding tert-OH is 1. The highest BCUT2D eigenvalue weighted by atomic mass is 31.2. The maximum absolute atomic E-state index is 12.9. The molecule has 0 bridgehead atoms. The number of hydrogen-bond acceptors (Lipinski definition) is 10. The van der Waals surface area contributed by atoms with Crippen molar-refractivity contribution in [1.29, 1.82) is 0 Å². The van der Waals surface area contributed by atoms with E-state index in [1.165, 1.54) is 122 Å². The minimum Gasteiger partial charge on any atom is -0.462 e. The van der Waals surface area contributed by atoms with Crippen molar-refractivity contribution in [2.75, 3.05) is 26.4 Å². The summed E-state index contributed by atoms with van der Waals surface area (Å²) in [7, 11) is -4.76. The van der Waals surface area contributed by atoms with E-state index in [-0.39, 0.29) is 25.9 Å². The number of phosphoric ester groups is 1. The highest BCUT2D eigenvalue weighted by Gasteiger charge is 2.28. The highest BCUT2D eigenvalue weighted by molar-refractivity contribution is 7.47. The molecule has 0 aromatic heterocycles. The number of esters is 3. The van der Waals surface area contributed by atoms with Gasteiger partial charge in [0.25, 0.3) is 0 Å². The molecule has 0 aliphatic rings. The van der Waals surface area contributed by atoms with Crippen LogP contribution in [0, 0.1) is 0 Å². The lowest BCUT2D eigenvalue weighted by Gasteiger charge is -2.21. The molecule has 0 heterocycles. The van der Waals surface area contributed by atoms with Crippen LogP contribution < -0.4 is 0 Å². The highest BCUT2D eigenvalue weighted by Crippen LogP contribution is 2.43. The van der Waals surface area contributed by atoms with Crippen LogP contribution in [0.5, 0.6) is 0 Å². The lowest BCUT2D eigenvalue weighted by Crippen LogP contribution is -2.30. The van der Waals surface area contributed by atoms with E-state index in [4.69, 9.17) is 23.3 Å². The molecule has 78 heavy (non-hydrogen) atoms. The zero-order valence-electron chi connectivity index (χ0n) is 50.1. The van der Waals surface area contributed by atoms with E-state index in [0.717, 1.165) is 109 Å². The fourth-order valence-electron chi connectivity index (χ4n) is 8.68. The fourth-order valence-corrected chi connectivity index (χ4v) is 9.47. The number of unbranched alkanes of at least 4 members (excludes halogenated alkanes) is 30. The molecule has 0 rings (SSSR count). The van der Waals surface area contributed by atoms with Gasteiger partial charge in [-0.1, -0.05) is 229 Å². The SMILES string of the molecule is CCCCC/C=C\C/C=C\CCCCCCCCCC(=O)OCC(COP(=O)(O)OCC(CO)OC(=O)CCCCCCCCC/C=C\C/C=C\CCCCC)OC(=O)CCCCCCCCC/C=C\C/C=C\CCCCC. The van der Waals surface area contributed by atoms with Crippen LogP contribution in [0.1, 0.15) is 290 Å². The minimum absolute atomic E-state index is 0.155. The zero-order chi connectivity index (χ0) is 56.9. The van der Waals surface area contributed by atoms with Gasteiger partial charge in [-0.3, -0.25) is 23.4 Å². The lowest BCUT2D eigenvalue weighted by atomic mass is 10.1. The third-order valence-corrected chi connectivity index (χ3v) is 14.5. The van der Waals surface area contributed by atoms with Crippen molar-refractivity contribution in [3.63, 3.8) is 0 Å². The van der Waals surface area contributed by atoms with Crippen LogP contribution in [0.4, 0.5) is 0 Å². The van der Waals surface area contributed by atoms with E-state index >= 15 is 0 Å². The van der Waals surface area contributed by atoms with Gasteiger partial charge in [0.2, 0.25) is 0 Å². The number of carbonyl (C=O) groups is 3. The molecule has 0 aliphatic carbocycles. The van der Waals surface area contributed by atoms with E-state index < -0.39 is 57.8 Å². The molecule has 0 fully saturated rings. The van der Waals surface area contributed by atoms with Crippen LogP contribution in [0.2, 0.25) is 0 Å². The topological polar surface area (TPSA) is 155 Å². The van der Waals surface area contributed by atoms with Crippen LogP contribution in [0.3, 0.4) is 0 Å². The number of rotatable bonds is 59. The van der Waals surface area contributed by atoms with Gasteiger partial charge in [-0.2, -0.15) is 0 Å². The van der Waals surface area contributed by atoms with Gasteiger partial charge >= 0.3 is 25.7 Å². The monoisotopic (exact) mass is 1120 g/mol. The van der Waals surface area contributed by atoms with E-state index in [1.807, 2.05) is 0 Å². The molecule has 452 valence electrons. The Bertz CT molecular complexity index is 1590. The predicted octanol–water partition coefficient (Wildman–Crippen LogP) is 19.3. The molecule has 0 spiro atoms. The summed E-state index contributed by atoms with van der Waals surface area (Å²) in [5.74, 6) is -1.48. The normalized spacial score (nSPS) is 13.8. The number of allylic oxidation sites excluding steroid dienone is 12. The molecular formula is C66H117O11P. The summed E-state index contributed by atoms with van der Waals surface area (Å²) >= 11 is 0. The Morgan fingerprint density at radius 2 is 0.628 bits per heavy atom. The van der Waals surface area contributed by atoms with Gasteiger partial charge in [0.1, 0.15) is 12.7 Å². The number of ether oxygens (including phenoxy) is 3. The van der Waals surface area contributed by atoms with Crippen molar-refractivity contribution in [3.05, 3.63) is 72.9 Å². The maximum atomic E-state index is 12.9. The Hall–Kier alpha value is -3.08. The summed E-state index contributed by atoms with van der Waals surface area (Å²) in [4.78, 5) is 48.7. The standard InChI is InChI=1S/C66H117O11P/c1-4-7-10-13-16-19-22-25-28-31-34-37-40-43-46-49-52-55-64(68)73-59-63(77-66(70)57-54-51-48-45-42-39-36-33-30-27-24-21-18-15-12-9-6-3)61-75-78(71,72)74-60-62(58-67)76-65(69)56-53-50-47-44-41-38-35-32-29-26-23-20-17-14-11-8-5-2/h16-21,25-30,62-63,67H,4-15,22-24,31-61H2,1-3H3,(H,71,72)/b19-16-,20-17-,21-18-,28-25-,29-26-,30-27-. The first-order chi connectivity index (χ1) is 38.2. The summed E-state index contributed by atoms with van der Waals surface area (Å²) < 4.78 is 39.7. The third-order valence-electron chi connectivity index (χ3n) is 13.6. The molecule has 0 saturated carbocycles. The smallest absolute Gasteiger partial charge is 0.462 e. The van der Waals surface area contributed by atoms with E-state index in [1.54, 1.807) is 0 Å². The van der Waals surface area contributed by atoms with Crippen LogP contribution in [0.25, 0.3) is 0 Å². The summed E-state index contributed by atoms with van der Waals surface area (Å²) in [6.07, 6.45) is 68.4. The molecule has 0 saturated heterocycles. The van der Waals surface area contributed by atoms with Crippen molar-refractivity contribution in [3.8, 4) is 0 Å². The van der Waals surface area contributed by atoms with Gasteiger partial charge in [-0.25, -0.2) is 4.57 Å². The van der Waals surface area contributed by atoms with Gasteiger partial charge in [-0.15, -0.1) is 0 Å². The second kappa shape index (κ2) is 60.0. The second-order valence-corrected chi connectivity index (χ2v) is 22.7. The lowest BCUT2D eigenvalue weighted by molar-refractivity contribution is -0.161. The summed E-state index contributed by atoms with van der Waals surface area (Å²) in [6, 6.07) is 0. The maximum Gasteiger partial charge on any atom is 0.472 e. The van der Waals surface area contributed by atoms with Gasteiger partial charge in [0.05, 0.1) is 19.8 Å². The molecule has 0 aromatic carbocycles. The van der Waals surface area contributed by atoms with Crippen molar-refractivity contribution >= 4 is 25.7 Å². The largest absolute Gasteiger partial charge is 0.472 e. The molecule has 3 atom stereocenters. The van der Waals surface area contributed by atoms with E-state index in [2.05, 4.69) is 93.7 Å². The van der Waals surface area contributed by atoms with Gasteiger partial charge in [0, 0.05) is 19.3 Å². The van der Waals surface area contributed by atoms with Crippen molar-refractivity contribution in [2.45, 2.75) is 303 Å². The summed E-state index contributed by atoms with van der Waals surface area (Å²) in [6.45, 7) is 4.58. The molecule has 0 amide bonds. The van der Waals surface area contributed by atoms with Crippen LogP contribution in [-0.4, -0.2) is 66.5 Å². The second-order valence-electron chi connectivity index (χ2n) is 21.2. The number of hydrogen-bond donors (Lipinski definition) is 2. The molecule has 0 radical (unpaired) electrons. The molecule has 3 unspecified atom stereocenters. The van der Waals surface area contributed by atoms with Gasteiger partial charge in [0.15, 0.2) is 6.10 Å². The molecule has 12 heteroatoms. The van der Waals surface area contributed by atoms with E-state index in [9.17, 15) is 28.9 Å². The number of phosphoric acid groups is 1.